The van der Waals surface area contributed by atoms with Crippen molar-refractivity contribution in [2.75, 3.05) is 6.61 Å². The first-order chi connectivity index (χ1) is 17.8. The molecule has 2 bridgehead atoms. The monoisotopic (exact) mass is 523 g/mol. The van der Waals surface area contributed by atoms with Crippen LogP contribution in [0.5, 0.6) is 5.88 Å². The van der Waals surface area contributed by atoms with Crippen LogP contribution in [-0.4, -0.2) is 46.2 Å². The number of aromatic nitrogens is 1. The first kappa shape index (κ1) is 24.5. The van der Waals surface area contributed by atoms with Crippen molar-refractivity contribution in [2.45, 2.75) is 71.6 Å². The second-order valence-electron chi connectivity index (χ2n) is 13.1. The van der Waals surface area contributed by atoms with Gasteiger partial charge in [0.25, 0.3) is 5.88 Å². The van der Waals surface area contributed by atoms with Crippen LogP contribution in [0.2, 0.25) is 0 Å². The summed E-state index contributed by atoms with van der Waals surface area (Å²) in [6.45, 7) is 12.2. The molecule has 7 nitrogen and oxygen atoms in total. The van der Waals surface area contributed by atoms with Gasteiger partial charge in [0, 0.05) is 5.92 Å². The molecule has 8 heteroatoms. The molecule has 1 spiro atoms. The zero-order chi connectivity index (χ0) is 27.0. The molecule has 7 unspecified atom stereocenters. The second-order valence-corrected chi connectivity index (χ2v) is 13.1. The highest BCUT2D eigenvalue weighted by Gasteiger charge is 2.77. The summed E-state index contributed by atoms with van der Waals surface area (Å²) in [6.07, 6.45) is 2.83. The molecule has 2 aromatic rings. The van der Waals surface area contributed by atoms with Gasteiger partial charge in [0.15, 0.2) is 28.9 Å². The predicted molar refractivity (Wildman–Crippen MR) is 136 cm³/mol. The van der Waals surface area contributed by atoms with E-state index in [9.17, 15) is 14.3 Å². The number of nitrogens with zero attached hydrogens (tertiary/aromatic N) is 1. The molecule has 1 saturated heterocycles. The van der Waals surface area contributed by atoms with Crippen molar-refractivity contribution in [3.05, 3.63) is 47.3 Å². The Morgan fingerprint density at radius 1 is 1.21 bits per heavy atom. The van der Waals surface area contributed by atoms with Gasteiger partial charge in [-0.15, -0.1) is 0 Å². The van der Waals surface area contributed by atoms with E-state index >= 15 is 0 Å². The third kappa shape index (κ3) is 2.84. The number of halogens is 1. The third-order valence-electron chi connectivity index (χ3n) is 10.3. The second kappa shape index (κ2) is 7.34. The zero-order valence-corrected chi connectivity index (χ0v) is 22.6. The molecule has 202 valence electrons. The van der Waals surface area contributed by atoms with Gasteiger partial charge in [-0.25, -0.2) is 4.39 Å². The van der Waals surface area contributed by atoms with Crippen LogP contribution in [0.3, 0.4) is 0 Å². The number of benzene rings is 1. The van der Waals surface area contributed by atoms with E-state index in [1.165, 1.54) is 12.1 Å². The van der Waals surface area contributed by atoms with Gasteiger partial charge in [-0.2, -0.15) is 0 Å². The minimum atomic E-state index is -1.81. The van der Waals surface area contributed by atoms with E-state index in [4.69, 9.17) is 18.7 Å². The van der Waals surface area contributed by atoms with Crippen LogP contribution < -0.4 is 4.74 Å². The Morgan fingerprint density at radius 3 is 2.74 bits per heavy atom. The quantitative estimate of drug-likeness (QED) is 0.555. The molecule has 1 aliphatic heterocycles. The highest BCUT2D eigenvalue weighted by molar-refractivity contribution is 5.95. The zero-order valence-electron chi connectivity index (χ0n) is 22.6. The number of rotatable bonds is 2. The molecule has 4 aliphatic carbocycles. The fourth-order valence-corrected chi connectivity index (χ4v) is 8.42. The van der Waals surface area contributed by atoms with Crippen molar-refractivity contribution >= 4 is 16.8 Å². The van der Waals surface area contributed by atoms with Crippen molar-refractivity contribution in [3.8, 4) is 5.88 Å². The molecular formula is C30H34FNO6. The smallest absolute Gasteiger partial charge is 0.265 e. The van der Waals surface area contributed by atoms with Gasteiger partial charge < -0.3 is 23.8 Å². The van der Waals surface area contributed by atoms with Crippen molar-refractivity contribution in [1.29, 1.82) is 0 Å². The lowest BCUT2D eigenvalue weighted by Crippen LogP contribution is -2.68. The van der Waals surface area contributed by atoms with Crippen LogP contribution in [0, 0.1) is 40.3 Å². The number of carbonyl (C=O) groups is 1. The van der Waals surface area contributed by atoms with E-state index in [0.717, 1.165) is 12.0 Å². The number of ether oxygens (including phenoxy) is 3. The molecule has 7 rings (SSSR count). The summed E-state index contributed by atoms with van der Waals surface area (Å²) in [5.41, 5.74) is -1.37. The summed E-state index contributed by atoms with van der Waals surface area (Å²) in [7, 11) is 0. The van der Waals surface area contributed by atoms with Gasteiger partial charge in [-0.05, 0) is 78.8 Å². The predicted octanol–water partition coefficient (Wildman–Crippen LogP) is 4.98. The van der Waals surface area contributed by atoms with E-state index in [0.29, 0.717) is 11.5 Å². The number of hydrogen-bond acceptors (Lipinski definition) is 7. The lowest BCUT2D eigenvalue weighted by atomic mass is 9.59. The maximum atomic E-state index is 14.9. The minimum absolute atomic E-state index is 0.00415. The Balaban J connectivity index is 1.43. The fraction of sp³-hybridized carbons (Fsp3) is 0.600. The summed E-state index contributed by atoms with van der Waals surface area (Å²) >= 11 is 0. The first-order valence-electron chi connectivity index (χ1n) is 13.5. The van der Waals surface area contributed by atoms with Crippen LogP contribution >= 0.6 is 0 Å². The van der Waals surface area contributed by atoms with Crippen LogP contribution in [-0.2, 0) is 14.3 Å². The van der Waals surface area contributed by atoms with Gasteiger partial charge in [-0.3, -0.25) is 4.79 Å². The molecule has 3 fully saturated rings. The summed E-state index contributed by atoms with van der Waals surface area (Å²) in [6, 6.07) is 4.46. The molecule has 2 heterocycles. The average molecular weight is 524 g/mol. The van der Waals surface area contributed by atoms with Crippen LogP contribution in [0.25, 0.3) is 11.0 Å². The molecule has 0 amide bonds. The number of aliphatic hydroxyl groups is 1. The van der Waals surface area contributed by atoms with Crippen LogP contribution in [0.15, 0.2) is 46.0 Å². The number of ketones is 1. The molecule has 1 aromatic carbocycles. The maximum absolute atomic E-state index is 14.9. The van der Waals surface area contributed by atoms with Gasteiger partial charge >= 0.3 is 0 Å². The average Bonchev–Trinajstić information content (AvgIpc) is 3.12. The molecule has 38 heavy (non-hydrogen) atoms. The summed E-state index contributed by atoms with van der Waals surface area (Å²) < 4.78 is 39.1. The van der Waals surface area contributed by atoms with Crippen molar-refractivity contribution in [3.63, 3.8) is 0 Å². The molecule has 5 aliphatic rings. The summed E-state index contributed by atoms with van der Waals surface area (Å²) in [5.74, 6) is -1.59. The maximum Gasteiger partial charge on any atom is 0.265 e. The normalized spacial score (nSPS) is 42.3. The molecule has 1 aromatic heterocycles. The molecule has 2 saturated carbocycles. The Morgan fingerprint density at radius 2 is 1.97 bits per heavy atom. The van der Waals surface area contributed by atoms with Crippen LogP contribution in [0.4, 0.5) is 4.39 Å². The Hall–Kier alpha value is -2.55. The SMILES string of the molecule is CC1=CC23C(=O)C(C=C4COC(C)(C)OC4C2(O)C1Oc1noc2cccc(F)c12)C1C(C[C@H]3C)C1(C)C. The molecule has 0 radical (unpaired) electrons. The number of carbonyl (C=O) groups excluding carboxylic acids is 1. The highest BCUT2D eigenvalue weighted by atomic mass is 19.1. The van der Waals surface area contributed by atoms with Gasteiger partial charge in [0.2, 0.25) is 0 Å². The number of Topliss-reactive ketones (excluding diaryl/α,β-unsaturated/α-hetero) is 1. The van der Waals surface area contributed by atoms with Crippen molar-refractivity contribution in [2.24, 2.45) is 34.5 Å². The largest absolute Gasteiger partial charge is 0.464 e. The van der Waals surface area contributed by atoms with Crippen LogP contribution in [0.1, 0.15) is 48.0 Å². The summed E-state index contributed by atoms with van der Waals surface area (Å²) in [5, 5.41) is 17.2. The third-order valence-corrected chi connectivity index (χ3v) is 10.3. The van der Waals surface area contributed by atoms with E-state index in [1.807, 2.05) is 19.1 Å². The number of hydrogen-bond donors (Lipinski definition) is 1. The minimum Gasteiger partial charge on any atom is -0.464 e. The fourth-order valence-electron chi connectivity index (χ4n) is 8.42. The summed E-state index contributed by atoms with van der Waals surface area (Å²) in [4.78, 5) is 14.8. The van der Waals surface area contributed by atoms with E-state index in [-0.39, 0.29) is 52.4 Å². The Kier molecular flexibility index (Phi) is 4.73. The standard InChI is InChI=1S/C30H34FNO6/c1-14-12-29-15(2)10-18-22(27(18,3)4)17(23(29)33)11-16-13-35-28(5,6)37-25(16)30(29,34)24(14)36-26-21-19(31)8-7-9-20(21)38-32-26/h7-9,11-12,15,17-18,22,24-25,34H,10,13H2,1-6H3/t15-,17?,18?,22?,24?,25?,29?,30?/m1/s1. The molecular weight excluding hydrogens is 489 g/mol. The van der Waals surface area contributed by atoms with Crippen molar-refractivity contribution in [1.82, 2.24) is 5.16 Å². The number of allylic oxidation sites excluding steroid dienone is 1. The highest BCUT2D eigenvalue weighted by Crippen LogP contribution is 2.72. The van der Waals surface area contributed by atoms with Crippen molar-refractivity contribution < 1.29 is 33.0 Å². The van der Waals surface area contributed by atoms with E-state index in [1.54, 1.807) is 19.9 Å². The van der Waals surface area contributed by atoms with Gasteiger partial charge in [0.1, 0.15) is 17.3 Å². The molecule has 8 atom stereocenters. The lowest BCUT2D eigenvalue weighted by Gasteiger charge is -2.52. The Labute approximate surface area is 221 Å². The lowest BCUT2D eigenvalue weighted by molar-refractivity contribution is -0.301. The topological polar surface area (TPSA) is 91.0 Å². The number of fused-ring (bicyclic) bond motifs is 6. The van der Waals surface area contributed by atoms with E-state index < -0.39 is 34.8 Å². The Bertz CT molecular complexity index is 1440. The van der Waals surface area contributed by atoms with Gasteiger partial charge in [0.05, 0.1) is 12.0 Å². The van der Waals surface area contributed by atoms with Gasteiger partial charge in [-0.1, -0.05) is 39.0 Å². The first-order valence-corrected chi connectivity index (χ1v) is 13.5. The van der Waals surface area contributed by atoms with E-state index in [2.05, 4.69) is 25.9 Å². The molecule has 1 N–H and O–H groups in total.